The number of likely N-dealkylation sites (tertiary alicyclic amines) is 1. The van der Waals surface area contributed by atoms with Crippen LogP contribution in [0.2, 0.25) is 0 Å². The third kappa shape index (κ3) is 3.10. The molecular weight excluding hydrogens is 196 g/mol. The van der Waals surface area contributed by atoms with Crippen molar-refractivity contribution in [1.29, 1.82) is 5.26 Å². The SMILES string of the molecule is CC(C)(C)OC(=O)N1CC[C@@](O)(C#N)C1. The lowest BCUT2D eigenvalue weighted by Gasteiger charge is -2.24. The Hall–Kier alpha value is -1.28. The molecule has 0 aromatic heterocycles. The smallest absolute Gasteiger partial charge is 0.410 e. The molecule has 0 bridgehead atoms. The number of β-amino-alcohol motifs (C(OH)–C–C–N with tert-alkyl or cyclic N) is 1. The first-order valence-electron chi connectivity index (χ1n) is 4.87. The highest BCUT2D eigenvalue weighted by atomic mass is 16.6. The first-order chi connectivity index (χ1) is 6.76. The lowest BCUT2D eigenvalue weighted by Crippen LogP contribution is -2.38. The van der Waals surface area contributed by atoms with E-state index in [1.54, 1.807) is 26.8 Å². The molecule has 0 radical (unpaired) electrons. The van der Waals surface area contributed by atoms with Gasteiger partial charge in [0.25, 0.3) is 0 Å². The zero-order valence-corrected chi connectivity index (χ0v) is 9.28. The average Bonchev–Trinajstić information content (AvgIpc) is 2.46. The topological polar surface area (TPSA) is 73.6 Å². The first-order valence-corrected chi connectivity index (χ1v) is 4.87. The standard InChI is InChI=1S/C10H16N2O3/c1-9(2,3)15-8(13)12-5-4-10(14,6-11)7-12/h14H,4-5,7H2,1-3H3/t10-/m1/s1. The van der Waals surface area contributed by atoms with Crippen molar-refractivity contribution in [2.75, 3.05) is 13.1 Å². The molecule has 1 aliphatic heterocycles. The summed E-state index contributed by atoms with van der Waals surface area (Å²) in [4.78, 5) is 12.9. The van der Waals surface area contributed by atoms with Crippen molar-refractivity contribution in [3.63, 3.8) is 0 Å². The summed E-state index contributed by atoms with van der Waals surface area (Å²) in [6.45, 7) is 5.71. The van der Waals surface area contributed by atoms with Gasteiger partial charge in [-0.25, -0.2) is 4.79 Å². The van der Waals surface area contributed by atoms with Gasteiger partial charge in [-0.2, -0.15) is 5.26 Å². The van der Waals surface area contributed by atoms with Gasteiger partial charge in [-0.1, -0.05) is 0 Å². The fourth-order valence-corrected chi connectivity index (χ4v) is 1.37. The van der Waals surface area contributed by atoms with Crippen LogP contribution in [0.15, 0.2) is 0 Å². The number of rotatable bonds is 0. The van der Waals surface area contributed by atoms with Crippen molar-refractivity contribution in [2.24, 2.45) is 0 Å². The van der Waals surface area contributed by atoms with Crippen molar-refractivity contribution in [2.45, 2.75) is 38.4 Å². The number of hydrogen-bond acceptors (Lipinski definition) is 4. The van der Waals surface area contributed by atoms with E-state index in [9.17, 15) is 9.90 Å². The van der Waals surface area contributed by atoms with E-state index in [1.165, 1.54) is 4.90 Å². The maximum Gasteiger partial charge on any atom is 0.410 e. The number of aliphatic hydroxyl groups is 1. The Labute approximate surface area is 89.2 Å². The fourth-order valence-electron chi connectivity index (χ4n) is 1.37. The second-order valence-corrected chi connectivity index (χ2v) is 4.80. The van der Waals surface area contributed by atoms with E-state index in [2.05, 4.69) is 0 Å². The number of carbonyl (C=O) groups excluding carboxylic acids is 1. The van der Waals surface area contributed by atoms with Crippen LogP contribution in [-0.2, 0) is 4.74 Å². The quantitative estimate of drug-likeness (QED) is 0.605. The second-order valence-electron chi connectivity index (χ2n) is 4.80. The Morgan fingerprint density at radius 2 is 2.20 bits per heavy atom. The minimum Gasteiger partial charge on any atom is -0.444 e. The minimum absolute atomic E-state index is 0.0262. The van der Waals surface area contributed by atoms with Crippen LogP contribution in [0.1, 0.15) is 27.2 Å². The molecule has 0 aromatic rings. The van der Waals surface area contributed by atoms with Crippen LogP contribution in [0.4, 0.5) is 4.79 Å². The van der Waals surface area contributed by atoms with Gasteiger partial charge in [-0.05, 0) is 20.8 Å². The summed E-state index contributed by atoms with van der Waals surface area (Å²) in [7, 11) is 0. The molecule has 1 N–H and O–H groups in total. The highest BCUT2D eigenvalue weighted by Crippen LogP contribution is 2.22. The average molecular weight is 212 g/mol. The fraction of sp³-hybridized carbons (Fsp3) is 0.800. The van der Waals surface area contributed by atoms with E-state index < -0.39 is 17.3 Å². The van der Waals surface area contributed by atoms with Gasteiger partial charge in [0.05, 0.1) is 12.6 Å². The van der Waals surface area contributed by atoms with Gasteiger partial charge in [0.2, 0.25) is 0 Å². The molecule has 84 valence electrons. The summed E-state index contributed by atoms with van der Waals surface area (Å²) in [6, 6.07) is 1.79. The van der Waals surface area contributed by atoms with Gasteiger partial charge in [0, 0.05) is 13.0 Å². The summed E-state index contributed by atoms with van der Waals surface area (Å²) in [5, 5.41) is 18.3. The molecule has 1 atom stereocenters. The molecule has 0 spiro atoms. The molecule has 0 aromatic carbocycles. The van der Waals surface area contributed by atoms with Gasteiger partial charge in [0.1, 0.15) is 5.60 Å². The number of carbonyl (C=O) groups is 1. The third-order valence-corrected chi connectivity index (χ3v) is 2.11. The normalized spacial score (nSPS) is 26.2. The highest BCUT2D eigenvalue weighted by Gasteiger charge is 2.39. The zero-order valence-electron chi connectivity index (χ0n) is 9.28. The third-order valence-electron chi connectivity index (χ3n) is 2.11. The largest absolute Gasteiger partial charge is 0.444 e. The number of nitriles is 1. The van der Waals surface area contributed by atoms with Gasteiger partial charge in [0.15, 0.2) is 5.60 Å². The summed E-state index contributed by atoms with van der Waals surface area (Å²) in [6.07, 6.45) is -0.198. The summed E-state index contributed by atoms with van der Waals surface area (Å²) < 4.78 is 5.13. The summed E-state index contributed by atoms with van der Waals surface area (Å²) >= 11 is 0. The van der Waals surface area contributed by atoms with Crippen LogP contribution in [0, 0.1) is 11.3 Å². The summed E-state index contributed by atoms with van der Waals surface area (Å²) in [5.74, 6) is 0. The maximum atomic E-state index is 11.5. The van der Waals surface area contributed by atoms with E-state index in [-0.39, 0.29) is 13.0 Å². The zero-order chi connectivity index (χ0) is 11.7. The second kappa shape index (κ2) is 3.70. The minimum atomic E-state index is -1.41. The van der Waals surface area contributed by atoms with Crippen LogP contribution in [0.25, 0.3) is 0 Å². The van der Waals surface area contributed by atoms with Gasteiger partial charge in [-0.15, -0.1) is 0 Å². The molecule has 0 unspecified atom stereocenters. The van der Waals surface area contributed by atoms with Crippen molar-refractivity contribution >= 4 is 6.09 Å². The molecule has 15 heavy (non-hydrogen) atoms. The van der Waals surface area contributed by atoms with Gasteiger partial charge >= 0.3 is 6.09 Å². The van der Waals surface area contributed by atoms with Crippen LogP contribution >= 0.6 is 0 Å². The van der Waals surface area contributed by atoms with Gasteiger partial charge in [-0.3, -0.25) is 0 Å². The van der Waals surface area contributed by atoms with E-state index in [0.717, 1.165) is 0 Å². The van der Waals surface area contributed by atoms with Crippen LogP contribution < -0.4 is 0 Å². The Kier molecular flexibility index (Phi) is 2.91. The number of nitrogens with zero attached hydrogens (tertiary/aromatic N) is 2. The monoisotopic (exact) mass is 212 g/mol. The predicted molar refractivity (Wildman–Crippen MR) is 53.0 cm³/mol. The molecule has 1 amide bonds. The lowest BCUT2D eigenvalue weighted by molar-refractivity contribution is 0.0237. The molecule has 1 rings (SSSR count). The Morgan fingerprint density at radius 3 is 2.60 bits per heavy atom. The van der Waals surface area contributed by atoms with E-state index in [0.29, 0.717) is 6.54 Å². The van der Waals surface area contributed by atoms with Crippen molar-refractivity contribution in [3.05, 3.63) is 0 Å². The highest BCUT2D eigenvalue weighted by molar-refractivity contribution is 5.68. The van der Waals surface area contributed by atoms with Crippen molar-refractivity contribution in [1.82, 2.24) is 4.90 Å². The van der Waals surface area contributed by atoms with Crippen molar-refractivity contribution < 1.29 is 14.6 Å². The summed E-state index contributed by atoms with van der Waals surface area (Å²) in [5.41, 5.74) is -1.96. The van der Waals surface area contributed by atoms with Crippen LogP contribution in [0.3, 0.4) is 0 Å². The first kappa shape index (κ1) is 11.8. The molecule has 0 saturated carbocycles. The molecule has 1 aliphatic rings. The van der Waals surface area contributed by atoms with Crippen LogP contribution in [0.5, 0.6) is 0 Å². The maximum absolute atomic E-state index is 11.5. The van der Waals surface area contributed by atoms with Crippen LogP contribution in [-0.4, -0.2) is 40.4 Å². The van der Waals surface area contributed by atoms with Gasteiger partial charge < -0.3 is 14.7 Å². The van der Waals surface area contributed by atoms with E-state index in [1.807, 2.05) is 0 Å². The number of hydrogen-bond donors (Lipinski definition) is 1. The lowest BCUT2D eigenvalue weighted by atomic mass is 10.1. The van der Waals surface area contributed by atoms with E-state index >= 15 is 0 Å². The van der Waals surface area contributed by atoms with E-state index in [4.69, 9.17) is 10.00 Å². The molecule has 0 aliphatic carbocycles. The molecule has 1 heterocycles. The Morgan fingerprint density at radius 1 is 1.60 bits per heavy atom. The van der Waals surface area contributed by atoms with Crippen molar-refractivity contribution in [3.8, 4) is 6.07 Å². The Bertz CT molecular complexity index is 303. The predicted octanol–water partition coefficient (Wildman–Crippen LogP) is 0.882. The number of amides is 1. The molecule has 5 nitrogen and oxygen atoms in total. The molecular formula is C10H16N2O3. The molecule has 1 fully saturated rings. The Balaban J connectivity index is 2.56. The number of ether oxygens (including phenoxy) is 1. The molecule has 5 heteroatoms. The molecule has 1 saturated heterocycles.